The van der Waals surface area contributed by atoms with E-state index in [1.807, 2.05) is 17.0 Å². The second-order valence-electron chi connectivity index (χ2n) is 6.82. The van der Waals surface area contributed by atoms with Crippen molar-refractivity contribution >= 4 is 11.9 Å². The van der Waals surface area contributed by atoms with Gasteiger partial charge in [0.1, 0.15) is 0 Å². The number of fused-ring (bicyclic) bond motifs is 1. The number of carboxylic acid groups (broad SMARTS) is 1. The first kappa shape index (κ1) is 19.7. The molecule has 3 rings (SSSR count). The Kier molecular flexibility index (Phi) is 6.19. The molecule has 1 amide bonds. The van der Waals surface area contributed by atoms with Crippen molar-refractivity contribution in [3.8, 4) is 11.5 Å². The minimum absolute atomic E-state index is 0.0481. The van der Waals surface area contributed by atoms with Crippen LogP contribution in [0.1, 0.15) is 33.5 Å². The summed E-state index contributed by atoms with van der Waals surface area (Å²) in [4.78, 5) is 25.9. The number of hydrogen-bond acceptors (Lipinski definition) is 4. The summed E-state index contributed by atoms with van der Waals surface area (Å²) in [5.74, 6) is 0.487. The fourth-order valence-electron chi connectivity index (χ4n) is 3.65. The smallest absolute Gasteiger partial charge is 0.335 e. The van der Waals surface area contributed by atoms with E-state index in [1.54, 1.807) is 38.5 Å². The highest BCUT2D eigenvalue weighted by Gasteiger charge is 2.21. The lowest BCUT2D eigenvalue weighted by Crippen LogP contribution is -2.33. The van der Waals surface area contributed by atoms with Crippen LogP contribution in [0.25, 0.3) is 0 Å². The van der Waals surface area contributed by atoms with Gasteiger partial charge in [-0.3, -0.25) is 4.79 Å². The van der Waals surface area contributed by atoms with Crippen molar-refractivity contribution in [1.82, 2.24) is 4.90 Å². The van der Waals surface area contributed by atoms with Gasteiger partial charge in [-0.25, -0.2) is 4.79 Å². The van der Waals surface area contributed by atoms with Crippen LogP contribution in [0.3, 0.4) is 0 Å². The maximum absolute atomic E-state index is 12.7. The molecule has 6 nitrogen and oxygen atoms in total. The number of aromatic carboxylic acids is 1. The average Bonchev–Trinajstić information content (AvgIpc) is 2.93. The second kappa shape index (κ2) is 8.78. The third-order valence-corrected chi connectivity index (χ3v) is 5.22. The number of methoxy groups -OCH3 is 2. The zero-order valence-electron chi connectivity index (χ0n) is 16.2. The Morgan fingerprint density at radius 2 is 1.57 bits per heavy atom. The molecule has 0 saturated carbocycles. The molecule has 0 atom stereocenters. The molecule has 0 unspecified atom stereocenters. The number of amides is 1. The van der Waals surface area contributed by atoms with Gasteiger partial charge in [0.25, 0.3) is 0 Å². The zero-order valence-corrected chi connectivity index (χ0v) is 16.2. The second-order valence-corrected chi connectivity index (χ2v) is 6.82. The van der Waals surface area contributed by atoms with Gasteiger partial charge in [-0.15, -0.1) is 0 Å². The molecular weight excluding hydrogens is 358 g/mol. The van der Waals surface area contributed by atoms with Crippen LogP contribution < -0.4 is 9.47 Å². The first-order chi connectivity index (χ1) is 13.5. The Balaban J connectivity index is 1.66. The molecule has 0 fully saturated rings. The van der Waals surface area contributed by atoms with Crippen LogP contribution in [-0.4, -0.2) is 49.2 Å². The summed E-state index contributed by atoms with van der Waals surface area (Å²) in [7, 11) is 3.23. The lowest BCUT2D eigenvalue weighted by atomic mass is 10.0. The number of nitrogens with zero attached hydrogens (tertiary/aromatic N) is 1. The topological polar surface area (TPSA) is 76.1 Å². The SMILES string of the molecule is COc1cc2c(cc1OC)CCN(C(=O)CCc1ccccc1C(=O)O)CC2. The summed E-state index contributed by atoms with van der Waals surface area (Å²) in [5, 5.41) is 9.29. The highest BCUT2D eigenvalue weighted by molar-refractivity contribution is 5.89. The van der Waals surface area contributed by atoms with E-state index in [2.05, 4.69) is 0 Å². The molecule has 1 N–H and O–H groups in total. The van der Waals surface area contributed by atoms with E-state index in [1.165, 1.54) is 11.1 Å². The van der Waals surface area contributed by atoms with Gasteiger partial charge >= 0.3 is 5.97 Å². The summed E-state index contributed by atoms with van der Waals surface area (Å²) < 4.78 is 10.8. The molecule has 28 heavy (non-hydrogen) atoms. The molecule has 2 aromatic carbocycles. The van der Waals surface area contributed by atoms with Gasteiger partial charge in [0.05, 0.1) is 19.8 Å². The van der Waals surface area contributed by atoms with Crippen LogP contribution in [0.4, 0.5) is 0 Å². The average molecular weight is 383 g/mol. The number of hydrogen-bond donors (Lipinski definition) is 1. The normalized spacial score (nSPS) is 13.4. The molecule has 148 valence electrons. The lowest BCUT2D eigenvalue weighted by Gasteiger charge is -2.20. The lowest BCUT2D eigenvalue weighted by molar-refractivity contribution is -0.131. The quantitative estimate of drug-likeness (QED) is 0.830. The number of aryl methyl sites for hydroxylation is 1. The highest BCUT2D eigenvalue weighted by Crippen LogP contribution is 2.32. The zero-order chi connectivity index (χ0) is 20.1. The van der Waals surface area contributed by atoms with Crippen LogP contribution >= 0.6 is 0 Å². The summed E-state index contributed by atoms with van der Waals surface area (Å²) in [5.41, 5.74) is 3.29. The van der Waals surface area contributed by atoms with Crippen LogP contribution in [0.2, 0.25) is 0 Å². The predicted molar refractivity (Wildman–Crippen MR) is 105 cm³/mol. The summed E-state index contributed by atoms with van der Waals surface area (Å²) in [6.07, 6.45) is 2.24. The van der Waals surface area contributed by atoms with Crippen molar-refractivity contribution in [3.05, 3.63) is 58.7 Å². The maximum Gasteiger partial charge on any atom is 0.335 e. The molecule has 0 spiro atoms. The van der Waals surface area contributed by atoms with Crippen molar-refractivity contribution in [3.63, 3.8) is 0 Å². The van der Waals surface area contributed by atoms with Crippen LogP contribution in [0, 0.1) is 0 Å². The first-order valence-corrected chi connectivity index (χ1v) is 9.36. The van der Waals surface area contributed by atoms with E-state index in [0.29, 0.717) is 43.0 Å². The Morgan fingerprint density at radius 1 is 1.00 bits per heavy atom. The number of carboxylic acids is 1. The summed E-state index contributed by atoms with van der Waals surface area (Å²) >= 11 is 0. The standard InChI is InChI=1S/C22H25NO5/c1-27-19-13-16-9-11-23(12-10-17(16)14-20(19)28-2)21(24)8-7-15-5-3-4-6-18(15)22(25)26/h3-6,13-14H,7-12H2,1-2H3,(H,25,26). The van der Waals surface area contributed by atoms with Crippen molar-refractivity contribution in [2.75, 3.05) is 27.3 Å². The molecule has 2 aromatic rings. The molecule has 1 heterocycles. The first-order valence-electron chi connectivity index (χ1n) is 9.36. The number of rotatable bonds is 6. The molecule has 0 saturated heterocycles. The fourth-order valence-corrected chi connectivity index (χ4v) is 3.65. The molecule has 1 aliphatic rings. The Hall–Kier alpha value is -3.02. The van der Waals surface area contributed by atoms with Crippen LogP contribution in [0.5, 0.6) is 11.5 Å². The van der Waals surface area contributed by atoms with Gasteiger partial charge in [0.2, 0.25) is 5.91 Å². The van der Waals surface area contributed by atoms with Crippen molar-refractivity contribution in [2.24, 2.45) is 0 Å². The Labute approximate surface area is 164 Å². The van der Waals surface area contributed by atoms with Crippen molar-refractivity contribution < 1.29 is 24.2 Å². The Bertz CT molecular complexity index is 842. The number of ether oxygens (including phenoxy) is 2. The van der Waals surface area contributed by atoms with Crippen LogP contribution in [0.15, 0.2) is 36.4 Å². The van der Waals surface area contributed by atoms with E-state index in [4.69, 9.17) is 9.47 Å². The van der Waals surface area contributed by atoms with Gasteiger partial charge in [-0.05, 0) is 54.2 Å². The van der Waals surface area contributed by atoms with Crippen molar-refractivity contribution in [2.45, 2.75) is 25.7 Å². The van der Waals surface area contributed by atoms with E-state index in [9.17, 15) is 14.7 Å². The molecule has 0 bridgehead atoms. The van der Waals surface area contributed by atoms with Crippen molar-refractivity contribution in [1.29, 1.82) is 0 Å². The third-order valence-electron chi connectivity index (χ3n) is 5.22. The number of carbonyl (C=O) groups excluding carboxylic acids is 1. The number of carbonyl (C=O) groups is 2. The monoisotopic (exact) mass is 383 g/mol. The van der Waals surface area contributed by atoms with Gasteiger partial charge in [0.15, 0.2) is 11.5 Å². The molecule has 6 heteroatoms. The van der Waals surface area contributed by atoms with Gasteiger partial charge < -0.3 is 19.5 Å². The minimum atomic E-state index is -0.962. The fraction of sp³-hybridized carbons (Fsp3) is 0.364. The minimum Gasteiger partial charge on any atom is -0.493 e. The van der Waals surface area contributed by atoms with E-state index < -0.39 is 5.97 Å². The largest absolute Gasteiger partial charge is 0.493 e. The number of benzene rings is 2. The third kappa shape index (κ3) is 4.27. The summed E-state index contributed by atoms with van der Waals surface area (Å²) in [6, 6.07) is 10.8. The van der Waals surface area contributed by atoms with Crippen LogP contribution in [-0.2, 0) is 24.1 Å². The van der Waals surface area contributed by atoms with E-state index in [-0.39, 0.29) is 11.5 Å². The van der Waals surface area contributed by atoms with Gasteiger partial charge in [0, 0.05) is 19.5 Å². The molecule has 0 radical (unpaired) electrons. The van der Waals surface area contributed by atoms with Gasteiger partial charge in [-0.1, -0.05) is 18.2 Å². The Morgan fingerprint density at radius 3 is 2.11 bits per heavy atom. The van der Waals surface area contributed by atoms with E-state index >= 15 is 0 Å². The summed E-state index contributed by atoms with van der Waals surface area (Å²) in [6.45, 7) is 1.28. The van der Waals surface area contributed by atoms with Gasteiger partial charge in [-0.2, -0.15) is 0 Å². The highest BCUT2D eigenvalue weighted by atomic mass is 16.5. The maximum atomic E-state index is 12.7. The molecular formula is C22H25NO5. The predicted octanol–water partition coefficient (Wildman–Crippen LogP) is 2.96. The molecule has 1 aliphatic heterocycles. The molecule has 0 aromatic heterocycles. The van der Waals surface area contributed by atoms with E-state index in [0.717, 1.165) is 12.8 Å². The molecule has 0 aliphatic carbocycles.